The lowest BCUT2D eigenvalue weighted by molar-refractivity contribution is -0.142. The first kappa shape index (κ1) is 13.1. The van der Waals surface area contributed by atoms with Crippen molar-refractivity contribution in [3.63, 3.8) is 0 Å². The molecule has 2 aromatic rings. The second-order valence-corrected chi connectivity index (χ2v) is 4.41. The number of alkyl halides is 3. The topological polar surface area (TPSA) is 17.8 Å². The summed E-state index contributed by atoms with van der Waals surface area (Å²) in [5.74, 6) is -0.602. The Labute approximate surface area is 108 Å². The molecule has 0 unspecified atom stereocenters. The summed E-state index contributed by atoms with van der Waals surface area (Å²) in [6.07, 6.45) is -4.58. The normalized spacial score (nSPS) is 11.9. The van der Waals surface area contributed by atoms with Gasteiger partial charge in [0.25, 0.3) is 0 Å². The third-order valence-electron chi connectivity index (χ3n) is 2.39. The summed E-state index contributed by atoms with van der Waals surface area (Å²) in [7, 11) is 1.34. The van der Waals surface area contributed by atoms with Crippen molar-refractivity contribution in [3.8, 4) is 11.3 Å². The van der Waals surface area contributed by atoms with Crippen molar-refractivity contribution >= 4 is 15.9 Å². The first-order valence-corrected chi connectivity index (χ1v) is 5.66. The van der Waals surface area contributed by atoms with Crippen LogP contribution in [0.1, 0.15) is 5.69 Å². The van der Waals surface area contributed by atoms with Crippen molar-refractivity contribution in [2.45, 2.75) is 6.18 Å². The summed E-state index contributed by atoms with van der Waals surface area (Å²) in [4.78, 5) is 0. The van der Waals surface area contributed by atoms with Gasteiger partial charge in [0.2, 0.25) is 0 Å². The predicted molar refractivity (Wildman–Crippen MR) is 61.3 cm³/mol. The second-order valence-electron chi connectivity index (χ2n) is 3.61. The van der Waals surface area contributed by atoms with Crippen LogP contribution in [-0.2, 0) is 13.2 Å². The van der Waals surface area contributed by atoms with E-state index in [-0.39, 0.29) is 15.7 Å². The van der Waals surface area contributed by atoms with Crippen molar-refractivity contribution in [2.24, 2.45) is 7.05 Å². The summed E-state index contributed by atoms with van der Waals surface area (Å²) in [6.45, 7) is 0. The lowest BCUT2D eigenvalue weighted by atomic mass is 10.1. The number of aromatic nitrogens is 2. The molecule has 0 spiro atoms. The standard InChI is InChI=1S/C11H7BrF4N2/c1-18-9(6-4-2-3-5-7(6)13)8(12)10(17-18)11(14,15)16/h2-5H,1H3. The molecule has 0 aliphatic carbocycles. The van der Waals surface area contributed by atoms with E-state index in [2.05, 4.69) is 21.0 Å². The van der Waals surface area contributed by atoms with E-state index in [1.54, 1.807) is 6.07 Å². The smallest absolute Gasteiger partial charge is 0.266 e. The van der Waals surface area contributed by atoms with Crippen molar-refractivity contribution in [1.29, 1.82) is 0 Å². The molecule has 0 bridgehead atoms. The molecule has 0 saturated heterocycles. The minimum atomic E-state index is -4.58. The van der Waals surface area contributed by atoms with Gasteiger partial charge in [-0.1, -0.05) is 12.1 Å². The number of rotatable bonds is 1. The highest BCUT2D eigenvalue weighted by Crippen LogP contribution is 2.39. The van der Waals surface area contributed by atoms with Crippen LogP contribution in [-0.4, -0.2) is 9.78 Å². The molecule has 2 nitrogen and oxygen atoms in total. The van der Waals surface area contributed by atoms with Gasteiger partial charge >= 0.3 is 6.18 Å². The summed E-state index contributed by atoms with van der Waals surface area (Å²) in [5.41, 5.74) is -0.946. The zero-order valence-corrected chi connectivity index (χ0v) is 10.7. The van der Waals surface area contributed by atoms with Gasteiger partial charge in [0.1, 0.15) is 5.82 Å². The first-order valence-electron chi connectivity index (χ1n) is 4.87. The lowest BCUT2D eigenvalue weighted by Crippen LogP contribution is -2.07. The molecule has 0 saturated carbocycles. The zero-order chi connectivity index (χ0) is 13.5. The van der Waals surface area contributed by atoms with Gasteiger partial charge in [-0.05, 0) is 28.1 Å². The summed E-state index contributed by atoms with van der Waals surface area (Å²) >= 11 is 2.84. The summed E-state index contributed by atoms with van der Waals surface area (Å²) in [5, 5.41) is 3.38. The van der Waals surface area contributed by atoms with Crippen molar-refractivity contribution < 1.29 is 17.6 Å². The second kappa shape index (κ2) is 4.38. The molecule has 7 heteroatoms. The number of hydrogen-bond acceptors (Lipinski definition) is 1. The minimum Gasteiger partial charge on any atom is -0.266 e. The van der Waals surface area contributed by atoms with Gasteiger partial charge in [0, 0.05) is 12.6 Å². The molecule has 18 heavy (non-hydrogen) atoms. The van der Waals surface area contributed by atoms with E-state index in [1.807, 2.05) is 0 Å². The predicted octanol–water partition coefficient (Wildman–Crippen LogP) is 4.01. The molecule has 0 amide bonds. The van der Waals surface area contributed by atoms with Crippen LogP contribution in [0.2, 0.25) is 0 Å². The quantitative estimate of drug-likeness (QED) is 0.725. The van der Waals surface area contributed by atoms with Crippen LogP contribution < -0.4 is 0 Å². The number of hydrogen-bond donors (Lipinski definition) is 0. The monoisotopic (exact) mass is 322 g/mol. The van der Waals surface area contributed by atoms with Gasteiger partial charge in [-0.25, -0.2) is 4.39 Å². The van der Waals surface area contributed by atoms with Crippen LogP contribution in [0, 0.1) is 5.82 Å². The Morgan fingerprint density at radius 3 is 2.33 bits per heavy atom. The van der Waals surface area contributed by atoms with Gasteiger partial charge in [-0.15, -0.1) is 0 Å². The van der Waals surface area contributed by atoms with E-state index in [9.17, 15) is 17.6 Å². The maximum atomic E-state index is 13.6. The van der Waals surface area contributed by atoms with Gasteiger partial charge in [0.05, 0.1) is 10.2 Å². The van der Waals surface area contributed by atoms with E-state index >= 15 is 0 Å². The molecule has 0 atom stereocenters. The van der Waals surface area contributed by atoms with Crippen molar-refractivity contribution in [2.75, 3.05) is 0 Å². The first-order chi connectivity index (χ1) is 8.32. The largest absolute Gasteiger partial charge is 0.436 e. The SMILES string of the molecule is Cn1nc(C(F)(F)F)c(Br)c1-c1ccccc1F. The molecule has 0 fully saturated rings. The Morgan fingerprint density at radius 1 is 1.22 bits per heavy atom. The highest BCUT2D eigenvalue weighted by atomic mass is 79.9. The highest BCUT2D eigenvalue weighted by Gasteiger charge is 2.38. The fourth-order valence-electron chi connectivity index (χ4n) is 1.63. The van der Waals surface area contributed by atoms with Crippen LogP contribution in [0.5, 0.6) is 0 Å². The summed E-state index contributed by atoms with van der Waals surface area (Å²) in [6, 6.07) is 5.60. The maximum Gasteiger partial charge on any atom is 0.436 e. The molecule has 0 radical (unpaired) electrons. The fourth-order valence-corrected chi connectivity index (χ4v) is 2.40. The molecular weight excluding hydrogens is 316 g/mol. The summed E-state index contributed by atoms with van der Waals surface area (Å²) < 4.78 is 52.3. The molecule has 1 heterocycles. The Hall–Kier alpha value is -1.37. The molecule has 0 aliphatic heterocycles. The number of aryl methyl sites for hydroxylation is 1. The molecule has 1 aromatic carbocycles. The van der Waals surface area contributed by atoms with Gasteiger partial charge in [-0.3, -0.25) is 4.68 Å². The zero-order valence-electron chi connectivity index (χ0n) is 9.09. The Balaban J connectivity index is 2.67. The molecule has 0 aliphatic rings. The van der Waals surface area contributed by atoms with E-state index in [4.69, 9.17) is 0 Å². The molecule has 0 N–H and O–H groups in total. The van der Waals surface area contributed by atoms with Crippen LogP contribution in [0.25, 0.3) is 11.3 Å². The van der Waals surface area contributed by atoms with Crippen molar-refractivity contribution in [3.05, 3.63) is 40.2 Å². The van der Waals surface area contributed by atoms with Crippen LogP contribution >= 0.6 is 15.9 Å². The lowest BCUT2D eigenvalue weighted by Gasteiger charge is -2.04. The van der Waals surface area contributed by atoms with E-state index in [0.717, 1.165) is 4.68 Å². The molecule has 96 valence electrons. The molecule has 2 rings (SSSR count). The third kappa shape index (κ3) is 2.14. The fraction of sp³-hybridized carbons (Fsp3) is 0.182. The van der Waals surface area contributed by atoms with Gasteiger partial charge in [-0.2, -0.15) is 18.3 Å². The van der Waals surface area contributed by atoms with E-state index in [1.165, 1.54) is 25.2 Å². The Morgan fingerprint density at radius 2 is 1.83 bits per heavy atom. The molecule has 1 aromatic heterocycles. The van der Waals surface area contributed by atoms with Gasteiger partial charge in [0.15, 0.2) is 5.69 Å². The number of halogens is 5. The minimum absolute atomic E-state index is 0.0559. The van der Waals surface area contributed by atoms with Crippen LogP contribution in [0.4, 0.5) is 17.6 Å². The van der Waals surface area contributed by atoms with Crippen LogP contribution in [0.15, 0.2) is 28.7 Å². The third-order valence-corrected chi connectivity index (χ3v) is 3.14. The molecular formula is C11H7BrF4N2. The maximum absolute atomic E-state index is 13.6. The Bertz CT molecular complexity index is 589. The van der Waals surface area contributed by atoms with E-state index < -0.39 is 17.7 Å². The Kier molecular flexibility index (Phi) is 3.18. The average molecular weight is 323 g/mol. The highest BCUT2D eigenvalue weighted by molar-refractivity contribution is 9.10. The number of nitrogens with zero attached hydrogens (tertiary/aromatic N) is 2. The van der Waals surface area contributed by atoms with Gasteiger partial charge < -0.3 is 0 Å². The van der Waals surface area contributed by atoms with Crippen LogP contribution in [0.3, 0.4) is 0 Å². The average Bonchev–Trinajstić information content (AvgIpc) is 2.55. The van der Waals surface area contributed by atoms with Crippen molar-refractivity contribution in [1.82, 2.24) is 9.78 Å². The number of benzene rings is 1. The van der Waals surface area contributed by atoms with E-state index in [0.29, 0.717) is 0 Å².